The van der Waals surface area contributed by atoms with Gasteiger partial charge < -0.3 is 9.64 Å². The fourth-order valence-electron chi connectivity index (χ4n) is 2.66. The van der Waals surface area contributed by atoms with Gasteiger partial charge >= 0.3 is 0 Å². The van der Waals surface area contributed by atoms with Crippen LogP contribution in [-0.2, 0) is 12.8 Å². The Morgan fingerprint density at radius 1 is 0.957 bits per heavy atom. The molecule has 0 aliphatic carbocycles. The van der Waals surface area contributed by atoms with Gasteiger partial charge in [-0.05, 0) is 63.0 Å². The maximum atomic E-state index is 5.21. The van der Waals surface area contributed by atoms with Crippen molar-refractivity contribution in [3.63, 3.8) is 0 Å². The molecular weight excluding hydrogens is 306 g/mol. The molecule has 0 aliphatic heterocycles. The first-order chi connectivity index (χ1) is 10.7. The van der Waals surface area contributed by atoms with Crippen molar-refractivity contribution in [1.29, 1.82) is 0 Å². The maximum absolute atomic E-state index is 5.21. The van der Waals surface area contributed by atoms with Gasteiger partial charge in [0.15, 0.2) is 0 Å². The zero-order chi connectivity index (χ0) is 15.8. The van der Waals surface area contributed by atoms with Crippen LogP contribution in [0.15, 0.2) is 54.6 Å². The van der Waals surface area contributed by atoms with Crippen LogP contribution in [-0.4, -0.2) is 31.6 Å². The molecule has 2 aromatic carbocycles. The largest absolute Gasteiger partial charge is 0.497 e. The Labute approximate surface area is 146 Å². The number of rotatable bonds is 8. The molecule has 0 amide bonds. The third-order valence-corrected chi connectivity index (χ3v) is 4.26. The van der Waals surface area contributed by atoms with Gasteiger partial charge in [-0.15, -0.1) is 12.4 Å². The lowest BCUT2D eigenvalue weighted by atomic mass is 10.1. The molecule has 0 radical (unpaired) electrons. The number of methoxy groups -OCH3 is 1. The molecule has 23 heavy (non-hydrogen) atoms. The molecule has 0 saturated heterocycles. The summed E-state index contributed by atoms with van der Waals surface area (Å²) in [5.74, 6) is 0.924. The second-order valence-corrected chi connectivity index (χ2v) is 5.97. The van der Waals surface area contributed by atoms with Gasteiger partial charge in [-0.3, -0.25) is 0 Å². The number of aryl methyl sites for hydroxylation is 1. The highest BCUT2D eigenvalue weighted by Crippen LogP contribution is 2.14. The smallest absolute Gasteiger partial charge is 0.118 e. The lowest BCUT2D eigenvalue weighted by molar-refractivity contribution is 0.253. The summed E-state index contributed by atoms with van der Waals surface area (Å²) in [7, 11) is 3.93. The number of ether oxygens (including phenoxy) is 1. The summed E-state index contributed by atoms with van der Waals surface area (Å²) in [6, 6.07) is 19.7. The maximum Gasteiger partial charge on any atom is 0.118 e. The van der Waals surface area contributed by atoms with Gasteiger partial charge in [0.1, 0.15) is 5.75 Å². The number of halogens is 1. The first-order valence-corrected chi connectivity index (χ1v) is 8.06. The van der Waals surface area contributed by atoms with E-state index in [1.807, 2.05) is 12.1 Å². The average Bonchev–Trinajstić information content (AvgIpc) is 2.56. The summed E-state index contributed by atoms with van der Waals surface area (Å²) in [5, 5.41) is 0. The third kappa shape index (κ3) is 6.64. The molecule has 2 nitrogen and oxygen atoms in total. The third-order valence-electron chi connectivity index (χ3n) is 4.26. The second kappa shape index (κ2) is 10.3. The molecule has 0 fully saturated rings. The van der Waals surface area contributed by atoms with E-state index in [0.29, 0.717) is 6.04 Å². The Bertz CT molecular complexity index is 541. The second-order valence-electron chi connectivity index (χ2n) is 5.97. The minimum Gasteiger partial charge on any atom is -0.497 e. The minimum atomic E-state index is 0. The van der Waals surface area contributed by atoms with Crippen molar-refractivity contribution in [2.45, 2.75) is 32.2 Å². The Kier molecular flexibility index (Phi) is 8.75. The number of likely N-dealkylation sites (N-methyl/N-ethyl adjacent to an activating group) is 1. The van der Waals surface area contributed by atoms with E-state index < -0.39 is 0 Å². The first kappa shape index (κ1) is 19.5. The fraction of sp³-hybridized carbons (Fsp3) is 0.400. The first-order valence-electron chi connectivity index (χ1n) is 8.06. The molecule has 0 N–H and O–H groups in total. The summed E-state index contributed by atoms with van der Waals surface area (Å²) in [6.45, 7) is 3.43. The SMILES string of the molecule is COc1ccc(CC(C)N(C)CCCc2ccccc2)cc1.Cl. The van der Waals surface area contributed by atoms with Crippen LogP contribution in [0.5, 0.6) is 5.75 Å². The van der Waals surface area contributed by atoms with Crippen molar-refractivity contribution < 1.29 is 4.74 Å². The summed E-state index contributed by atoms with van der Waals surface area (Å²) >= 11 is 0. The molecule has 3 heteroatoms. The topological polar surface area (TPSA) is 12.5 Å². The van der Waals surface area contributed by atoms with Gasteiger partial charge in [-0.2, -0.15) is 0 Å². The van der Waals surface area contributed by atoms with Gasteiger partial charge in [0.05, 0.1) is 7.11 Å². The van der Waals surface area contributed by atoms with E-state index in [-0.39, 0.29) is 12.4 Å². The Balaban J connectivity index is 0.00000264. The van der Waals surface area contributed by atoms with Gasteiger partial charge in [0.2, 0.25) is 0 Å². The zero-order valence-corrected chi connectivity index (χ0v) is 15.2. The number of nitrogens with zero attached hydrogens (tertiary/aromatic N) is 1. The van der Waals surface area contributed by atoms with Crippen molar-refractivity contribution in [2.75, 3.05) is 20.7 Å². The molecule has 0 saturated carbocycles. The van der Waals surface area contributed by atoms with Crippen LogP contribution < -0.4 is 4.74 Å². The fourth-order valence-corrected chi connectivity index (χ4v) is 2.66. The molecule has 1 unspecified atom stereocenters. The van der Waals surface area contributed by atoms with Gasteiger partial charge in [0.25, 0.3) is 0 Å². The van der Waals surface area contributed by atoms with Crippen LogP contribution in [0, 0.1) is 0 Å². The predicted octanol–water partition coefficient (Wildman–Crippen LogP) is 4.61. The highest BCUT2D eigenvalue weighted by Gasteiger charge is 2.09. The predicted molar refractivity (Wildman–Crippen MR) is 101 cm³/mol. The van der Waals surface area contributed by atoms with Crippen LogP contribution in [0.4, 0.5) is 0 Å². The number of hydrogen-bond donors (Lipinski definition) is 0. The van der Waals surface area contributed by atoms with Crippen molar-refractivity contribution >= 4 is 12.4 Å². The number of benzene rings is 2. The van der Waals surface area contributed by atoms with Crippen molar-refractivity contribution in [1.82, 2.24) is 4.90 Å². The molecule has 1 atom stereocenters. The van der Waals surface area contributed by atoms with Crippen LogP contribution in [0.1, 0.15) is 24.5 Å². The average molecular weight is 334 g/mol. The van der Waals surface area contributed by atoms with Gasteiger partial charge in [0, 0.05) is 6.04 Å². The van der Waals surface area contributed by atoms with E-state index in [0.717, 1.165) is 25.1 Å². The summed E-state index contributed by atoms with van der Waals surface area (Å²) in [4.78, 5) is 2.45. The lowest BCUT2D eigenvalue weighted by Crippen LogP contribution is -2.32. The number of hydrogen-bond acceptors (Lipinski definition) is 2. The van der Waals surface area contributed by atoms with E-state index >= 15 is 0 Å². The molecule has 0 aromatic heterocycles. The molecule has 0 spiro atoms. The van der Waals surface area contributed by atoms with E-state index in [2.05, 4.69) is 61.3 Å². The van der Waals surface area contributed by atoms with E-state index in [9.17, 15) is 0 Å². The monoisotopic (exact) mass is 333 g/mol. The quantitative estimate of drug-likeness (QED) is 0.699. The Morgan fingerprint density at radius 3 is 2.22 bits per heavy atom. The van der Waals surface area contributed by atoms with Crippen molar-refractivity contribution in [2.24, 2.45) is 0 Å². The van der Waals surface area contributed by atoms with Gasteiger partial charge in [-0.25, -0.2) is 0 Å². The van der Waals surface area contributed by atoms with E-state index in [1.54, 1.807) is 7.11 Å². The molecule has 0 heterocycles. The minimum absolute atomic E-state index is 0. The Morgan fingerprint density at radius 2 is 1.61 bits per heavy atom. The molecule has 126 valence electrons. The van der Waals surface area contributed by atoms with Crippen LogP contribution in [0.3, 0.4) is 0 Å². The lowest BCUT2D eigenvalue weighted by Gasteiger charge is -2.25. The molecular formula is C20H28ClNO. The van der Waals surface area contributed by atoms with E-state index in [1.165, 1.54) is 17.5 Å². The molecule has 0 bridgehead atoms. The van der Waals surface area contributed by atoms with Crippen LogP contribution >= 0.6 is 12.4 Å². The van der Waals surface area contributed by atoms with E-state index in [4.69, 9.17) is 4.74 Å². The standard InChI is InChI=1S/C20H27NO.ClH/c1-17(16-19-11-13-20(22-3)14-12-19)21(2)15-7-10-18-8-5-4-6-9-18;/h4-6,8-9,11-14,17H,7,10,15-16H2,1-3H3;1H. The van der Waals surface area contributed by atoms with Crippen molar-refractivity contribution in [3.8, 4) is 5.75 Å². The summed E-state index contributed by atoms with van der Waals surface area (Å²) in [5.41, 5.74) is 2.79. The normalized spacial score (nSPS) is 11.8. The van der Waals surface area contributed by atoms with Crippen LogP contribution in [0.25, 0.3) is 0 Å². The van der Waals surface area contributed by atoms with Crippen LogP contribution in [0.2, 0.25) is 0 Å². The highest BCUT2D eigenvalue weighted by atomic mass is 35.5. The molecule has 0 aliphatic rings. The van der Waals surface area contributed by atoms with Crippen molar-refractivity contribution in [3.05, 3.63) is 65.7 Å². The van der Waals surface area contributed by atoms with Gasteiger partial charge in [-0.1, -0.05) is 42.5 Å². The molecule has 2 rings (SSSR count). The zero-order valence-electron chi connectivity index (χ0n) is 14.4. The molecule has 2 aromatic rings. The Hall–Kier alpha value is -1.51. The summed E-state index contributed by atoms with van der Waals surface area (Å²) in [6.07, 6.45) is 3.43. The highest BCUT2D eigenvalue weighted by molar-refractivity contribution is 5.85. The summed E-state index contributed by atoms with van der Waals surface area (Å²) < 4.78 is 5.21.